The van der Waals surface area contributed by atoms with Crippen LogP contribution in [0.1, 0.15) is 11.4 Å². The molecule has 0 aliphatic heterocycles. The van der Waals surface area contributed by atoms with Crippen molar-refractivity contribution in [2.75, 3.05) is 0 Å². The van der Waals surface area contributed by atoms with Crippen LogP contribution in [0.25, 0.3) is 0 Å². The van der Waals surface area contributed by atoms with Crippen molar-refractivity contribution < 1.29 is 0 Å². The van der Waals surface area contributed by atoms with Gasteiger partial charge in [0.05, 0.1) is 11.9 Å². The molecule has 0 fully saturated rings. The number of rotatable bonds is 0. The summed E-state index contributed by atoms with van der Waals surface area (Å²) in [5, 5.41) is 8.70. The van der Waals surface area contributed by atoms with Gasteiger partial charge in [0, 0.05) is 0 Å². The first-order chi connectivity index (χ1) is 4.74. The van der Waals surface area contributed by atoms with Crippen LogP contribution in [-0.4, -0.2) is 9.97 Å². The van der Waals surface area contributed by atoms with Gasteiger partial charge in [-0.1, -0.05) is 11.6 Å². The van der Waals surface area contributed by atoms with Crippen molar-refractivity contribution >= 4 is 11.6 Å². The second-order valence-corrected chi connectivity index (χ2v) is 2.10. The molecular formula is C6H4ClN3. The van der Waals surface area contributed by atoms with Crippen molar-refractivity contribution in [2.24, 2.45) is 0 Å². The van der Waals surface area contributed by atoms with Crippen molar-refractivity contribution in [2.45, 2.75) is 6.92 Å². The number of aromatic nitrogens is 2. The maximum Gasteiger partial charge on any atom is 0.159 e. The highest BCUT2D eigenvalue weighted by Crippen LogP contribution is 2.07. The van der Waals surface area contributed by atoms with Gasteiger partial charge in [-0.2, -0.15) is 5.26 Å². The number of hydrogen-bond donors (Lipinski definition) is 0. The van der Waals surface area contributed by atoms with E-state index in [1.807, 2.05) is 6.07 Å². The SMILES string of the molecule is Cc1nc(C#N)cnc1Cl. The summed E-state index contributed by atoms with van der Waals surface area (Å²) in [4.78, 5) is 7.57. The minimum atomic E-state index is 0.293. The molecule has 50 valence electrons. The van der Waals surface area contributed by atoms with E-state index in [0.29, 0.717) is 16.5 Å². The van der Waals surface area contributed by atoms with E-state index in [9.17, 15) is 0 Å². The summed E-state index contributed by atoms with van der Waals surface area (Å²) >= 11 is 5.55. The highest BCUT2D eigenvalue weighted by molar-refractivity contribution is 6.29. The van der Waals surface area contributed by atoms with Crippen molar-refractivity contribution in [1.29, 1.82) is 5.26 Å². The monoisotopic (exact) mass is 153 g/mol. The number of halogens is 1. The highest BCUT2D eigenvalue weighted by Gasteiger charge is 1.97. The zero-order chi connectivity index (χ0) is 7.56. The Morgan fingerprint density at radius 2 is 2.40 bits per heavy atom. The maximum absolute atomic E-state index is 8.36. The van der Waals surface area contributed by atoms with Gasteiger partial charge in [0.1, 0.15) is 11.2 Å². The molecule has 1 aromatic heterocycles. The lowest BCUT2D eigenvalue weighted by Gasteiger charge is -1.92. The van der Waals surface area contributed by atoms with E-state index >= 15 is 0 Å². The molecule has 10 heavy (non-hydrogen) atoms. The number of aryl methyl sites for hydroxylation is 1. The van der Waals surface area contributed by atoms with Crippen LogP contribution in [0.5, 0.6) is 0 Å². The fraction of sp³-hybridized carbons (Fsp3) is 0.167. The number of nitrogens with zero attached hydrogens (tertiary/aromatic N) is 3. The second-order valence-electron chi connectivity index (χ2n) is 1.74. The first-order valence-corrected chi connectivity index (χ1v) is 3.01. The van der Waals surface area contributed by atoms with Gasteiger partial charge in [-0.05, 0) is 6.92 Å². The molecule has 4 heteroatoms. The normalized spacial score (nSPS) is 8.90. The maximum atomic E-state index is 8.36. The standard InChI is InChI=1S/C6H4ClN3/c1-4-6(7)9-3-5(2-8)10-4/h3H,1H3. The molecule has 0 spiro atoms. The summed E-state index contributed by atoms with van der Waals surface area (Å²) in [6, 6.07) is 1.86. The lowest BCUT2D eigenvalue weighted by molar-refractivity contribution is 1.09. The van der Waals surface area contributed by atoms with E-state index in [4.69, 9.17) is 16.9 Å². The Morgan fingerprint density at radius 1 is 1.70 bits per heavy atom. The van der Waals surface area contributed by atoms with Crippen LogP contribution in [-0.2, 0) is 0 Å². The molecule has 0 radical (unpaired) electrons. The number of hydrogen-bond acceptors (Lipinski definition) is 3. The molecule has 0 bridgehead atoms. The first kappa shape index (κ1) is 6.97. The molecule has 0 saturated carbocycles. The van der Waals surface area contributed by atoms with Crippen molar-refractivity contribution in [3.8, 4) is 6.07 Å². The first-order valence-electron chi connectivity index (χ1n) is 2.63. The number of nitriles is 1. The Balaban J connectivity index is 3.20. The molecule has 1 aromatic rings. The third-order valence-corrected chi connectivity index (χ3v) is 1.37. The summed E-state index contributed by atoms with van der Waals surface area (Å²) in [6.07, 6.45) is 1.34. The van der Waals surface area contributed by atoms with Crippen LogP contribution in [0, 0.1) is 18.3 Å². The van der Waals surface area contributed by atoms with Crippen LogP contribution in [0.2, 0.25) is 5.15 Å². The summed E-state index contributed by atoms with van der Waals surface area (Å²) in [5.74, 6) is 0. The quantitative estimate of drug-likeness (QED) is 0.565. The van der Waals surface area contributed by atoms with Crippen LogP contribution < -0.4 is 0 Å². The lowest BCUT2D eigenvalue weighted by atomic mass is 10.4. The molecule has 0 atom stereocenters. The summed E-state index contributed by atoms with van der Waals surface area (Å²) in [6.45, 7) is 1.70. The fourth-order valence-electron chi connectivity index (χ4n) is 0.521. The van der Waals surface area contributed by atoms with Crippen LogP contribution >= 0.6 is 11.6 Å². The molecule has 0 saturated heterocycles. The average Bonchev–Trinajstić information content (AvgIpc) is 1.95. The van der Waals surface area contributed by atoms with Gasteiger partial charge in [-0.15, -0.1) is 0 Å². The van der Waals surface area contributed by atoms with Gasteiger partial charge < -0.3 is 0 Å². The van der Waals surface area contributed by atoms with E-state index < -0.39 is 0 Å². The van der Waals surface area contributed by atoms with Gasteiger partial charge in [-0.3, -0.25) is 0 Å². The van der Waals surface area contributed by atoms with Crippen molar-refractivity contribution in [3.05, 3.63) is 22.7 Å². The third kappa shape index (κ3) is 1.23. The van der Waals surface area contributed by atoms with E-state index in [2.05, 4.69) is 9.97 Å². The van der Waals surface area contributed by atoms with E-state index in [0.717, 1.165) is 0 Å². The Bertz CT molecular complexity index is 290. The topological polar surface area (TPSA) is 49.6 Å². The predicted molar refractivity (Wildman–Crippen MR) is 36.5 cm³/mol. The molecule has 3 nitrogen and oxygen atoms in total. The zero-order valence-corrected chi connectivity index (χ0v) is 6.05. The van der Waals surface area contributed by atoms with Crippen LogP contribution in [0.15, 0.2) is 6.20 Å². The Kier molecular flexibility index (Phi) is 1.83. The van der Waals surface area contributed by atoms with Gasteiger partial charge >= 0.3 is 0 Å². The second kappa shape index (κ2) is 2.63. The molecule has 1 heterocycles. The highest BCUT2D eigenvalue weighted by atomic mass is 35.5. The Morgan fingerprint density at radius 3 is 2.90 bits per heavy atom. The van der Waals surface area contributed by atoms with Crippen molar-refractivity contribution in [1.82, 2.24) is 9.97 Å². The molecule has 0 unspecified atom stereocenters. The van der Waals surface area contributed by atoms with Gasteiger partial charge in [0.2, 0.25) is 0 Å². The largest absolute Gasteiger partial charge is 0.240 e. The summed E-state index contributed by atoms with van der Waals surface area (Å²) in [5.41, 5.74) is 0.877. The molecule has 0 aromatic carbocycles. The molecule has 0 N–H and O–H groups in total. The Hall–Kier alpha value is -1.14. The minimum Gasteiger partial charge on any atom is -0.240 e. The smallest absolute Gasteiger partial charge is 0.159 e. The molecule has 0 aliphatic rings. The van der Waals surface area contributed by atoms with Gasteiger partial charge in [-0.25, -0.2) is 9.97 Å². The molecule has 1 rings (SSSR count). The lowest BCUT2D eigenvalue weighted by Crippen LogP contribution is -1.89. The third-order valence-electron chi connectivity index (χ3n) is 1.00. The zero-order valence-electron chi connectivity index (χ0n) is 5.30. The predicted octanol–water partition coefficient (Wildman–Crippen LogP) is 1.31. The summed E-state index contributed by atoms with van der Waals surface area (Å²) in [7, 11) is 0. The van der Waals surface area contributed by atoms with Crippen LogP contribution in [0.3, 0.4) is 0 Å². The summed E-state index contributed by atoms with van der Waals surface area (Å²) < 4.78 is 0. The molecule has 0 amide bonds. The van der Waals surface area contributed by atoms with E-state index in [1.54, 1.807) is 6.92 Å². The van der Waals surface area contributed by atoms with Gasteiger partial charge in [0.25, 0.3) is 0 Å². The average molecular weight is 154 g/mol. The minimum absolute atomic E-state index is 0.293. The van der Waals surface area contributed by atoms with Crippen LogP contribution in [0.4, 0.5) is 0 Å². The fourth-order valence-corrected chi connectivity index (χ4v) is 0.612. The van der Waals surface area contributed by atoms with Crippen molar-refractivity contribution in [3.63, 3.8) is 0 Å². The Labute approximate surface area is 63.3 Å². The van der Waals surface area contributed by atoms with E-state index in [-0.39, 0.29) is 0 Å². The molecular weight excluding hydrogens is 150 g/mol. The van der Waals surface area contributed by atoms with Gasteiger partial charge in [0.15, 0.2) is 5.69 Å². The molecule has 0 aliphatic carbocycles. The van der Waals surface area contributed by atoms with E-state index in [1.165, 1.54) is 6.20 Å².